The largest absolute Gasteiger partial charge is 0.494 e. The Kier molecular flexibility index (Phi) is 8.67. The minimum absolute atomic E-state index is 0.262. The number of nitrogens with zero attached hydrogens (tertiary/aromatic N) is 1. The van der Waals surface area contributed by atoms with Gasteiger partial charge in [-0.2, -0.15) is 0 Å². The molecule has 0 radical (unpaired) electrons. The van der Waals surface area contributed by atoms with Crippen LogP contribution in [0.5, 0.6) is 28.9 Å². The maximum Gasteiger partial charge on any atom is 0.343 e. The van der Waals surface area contributed by atoms with E-state index in [1.165, 1.54) is 20.3 Å². The molecule has 0 saturated heterocycles. The summed E-state index contributed by atoms with van der Waals surface area (Å²) in [4.78, 5) is 28.1. The number of methoxy groups -OCH3 is 2. The molecule has 1 heterocycles. The van der Waals surface area contributed by atoms with Gasteiger partial charge in [0, 0.05) is 24.4 Å². The van der Waals surface area contributed by atoms with E-state index < -0.39 is 5.97 Å². The Balaban J connectivity index is 1.59. The third-order valence-electron chi connectivity index (χ3n) is 4.61. The molecule has 2 aromatic carbocycles. The summed E-state index contributed by atoms with van der Waals surface area (Å²) in [7, 11) is 2.72. The van der Waals surface area contributed by atoms with E-state index in [1.54, 1.807) is 42.6 Å². The number of nitrogens with one attached hydrogen (secondary N) is 1. The third-order valence-corrected chi connectivity index (χ3v) is 4.61. The second kappa shape index (κ2) is 12.1. The summed E-state index contributed by atoms with van der Waals surface area (Å²) >= 11 is 0. The molecule has 1 N–H and O–H groups in total. The van der Waals surface area contributed by atoms with E-state index >= 15 is 0 Å². The van der Waals surface area contributed by atoms with E-state index in [0.717, 1.165) is 11.3 Å². The molecular formula is C25H26N2O7. The summed E-state index contributed by atoms with van der Waals surface area (Å²) in [5.74, 6) is 1.62. The highest BCUT2D eigenvalue weighted by Crippen LogP contribution is 2.28. The lowest BCUT2D eigenvalue weighted by molar-refractivity contribution is -0.142. The zero-order chi connectivity index (χ0) is 24.3. The Morgan fingerprint density at radius 2 is 1.68 bits per heavy atom. The third kappa shape index (κ3) is 6.86. The molecule has 34 heavy (non-hydrogen) atoms. The van der Waals surface area contributed by atoms with E-state index in [9.17, 15) is 9.59 Å². The predicted molar refractivity (Wildman–Crippen MR) is 124 cm³/mol. The molecule has 1 aromatic heterocycles. The number of benzene rings is 2. The van der Waals surface area contributed by atoms with Crippen molar-refractivity contribution in [2.75, 3.05) is 27.4 Å². The van der Waals surface area contributed by atoms with Gasteiger partial charge in [0.05, 0.1) is 20.8 Å². The van der Waals surface area contributed by atoms with Gasteiger partial charge in [-0.05, 0) is 61.0 Å². The first-order valence-electron chi connectivity index (χ1n) is 10.5. The predicted octanol–water partition coefficient (Wildman–Crippen LogP) is 3.76. The van der Waals surface area contributed by atoms with Crippen molar-refractivity contribution in [3.8, 4) is 28.9 Å². The lowest BCUT2D eigenvalue weighted by Crippen LogP contribution is -2.23. The van der Waals surface area contributed by atoms with Crippen molar-refractivity contribution < 1.29 is 33.3 Å². The monoisotopic (exact) mass is 466 g/mol. The van der Waals surface area contributed by atoms with Crippen LogP contribution in [-0.2, 0) is 16.1 Å². The van der Waals surface area contributed by atoms with Gasteiger partial charge in [0.15, 0.2) is 18.1 Å². The first kappa shape index (κ1) is 24.4. The van der Waals surface area contributed by atoms with Crippen molar-refractivity contribution in [3.05, 3.63) is 71.9 Å². The lowest BCUT2D eigenvalue weighted by Gasteiger charge is -2.12. The van der Waals surface area contributed by atoms with E-state index in [1.807, 2.05) is 19.1 Å². The van der Waals surface area contributed by atoms with Crippen LogP contribution in [0.15, 0.2) is 60.8 Å². The number of ether oxygens (including phenoxy) is 5. The lowest BCUT2D eigenvalue weighted by atomic mass is 10.1. The molecule has 0 bridgehead atoms. The SMILES string of the molecule is CCOc1ccc(Oc2cc(CNC(=O)c3ccc(OCC(=O)OC)c(OC)c3)ccn2)cc1. The van der Waals surface area contributed by atoms with Crippen molar-refractivity contribution in [1.29, 1.82) is 0 Å². The van der Waals surface area contributed by atoms with Gasteiger partial charge in [0.25, 0.3) is 5.91 Å². The summed E-state index contributed by atoms with van der Waals surface area (Å²) in [6.45, 7) is 2.52. The average molecular weight is 466 g/mol. The van der Waals surface area contributed by atoms with Crippen LogP contribution in [0.2, 0.25) is 0 Å². The van der Waals surface area contributed by atoms with Crippen molar-refractivity contribution in [2.45, 2.75) is 13.5 Å². The number of carbonyl (C=O) groups excluding carboxylic acids is 2. The van der Waals surface area contributed by atoms with Crippen molar-refractivity contribution in [2.24, 2.45) is 0 Å². The van der Waals surface area contributed by atoms with E-state index in [4.69, 9.17) is 18.9 Å². The molecule has 0 saturated carbocycles. The molecule has 0 aliphatic heterocycles. The van der Waals surface area contributed by atoms with E-state index in [0.29, 0.717) is 35.3 Å². The fourth-order valence-corrected chi connectivity index (χ4v) is 2.92. The highest BCUT2D eigenvalue weighted by atomic mass is 16.6. The highest BCUT2D eigenvalue weighted by molar-refractivity contribution is 5.94. The van der Waals surface area contributed by atoms with Crippen molar-refractivity contribution in [3.63, 3.8) is 0 Å². The zero-order valence-corrected chi connectivity index (χ0v) is 19.2. The molecule has 3 rings (SSSR count). The molecule has 0 atom stereocenters. The van der Waals surface area contributed by atoms with Gasteiger partial charge in [-0.3, -0.25) is 4.79 Å². The van der Waals surface area contributed by atoms with Crippen LogP contribution < -0.4 is 24.3 Å². The second-order valence-corrected chi connectivity index (χ2v) is 6.92. The fourth-order valence-electron chi connectivity index (χ4n) is 2.92. The summed E-state index contributed by atoms with van der Waals surface area (Å²) in [6, 6.07) is 15.5. The normalized spacial score (nSPS) is 10.2. The minimum atomic E-state index is -0.521. The highest BCUT2D eigenvalue weighted by Gasteiger charge is 2.13. The molecular weight excluding hydrogens is 440 g/mol. The molecule has 1 amide bonds. The standard InChI is InChI=1S/C25H26N2O7/c1-4-32-19-6-8-20(9-7-19)34-23-13-17(11-12-26-23)15-27-25(29)18-5-10-21(22(14-18)30-2)33-16-24(28)31-3/h5-14H,4,15-16H2,1-3H3,(H,27,29). The molecule has 9 nitrogen and oxygen atoms in total. The Labute approximate surface area is 197 Å². The molecule has 0 aliphatic carbocycles. The number of carbonyl (C=O) groups is 2. The molecule has 0 spiro atoms. The van der Waals surface area contributed by atoms with Gasteiger partial charge in [-0.1, -0.05) is 0 Å². The van der Waals surface area contributed by atoms with Gasteiger partial charge in [-0.25, -0.2) is 9.78 Å². The maximum absolute atomic E-state index is 12.6. The molecule has 9 heteroatoms. The number of rotatable bonds is 11. The van der Waals surface area contributed by atoms with Crippen LogP contribution >= 0.6 is 0 Å². The van der Waals surface area contributed by atoms with Crippen LogP contribution in [0.3, 0.4) is 0 Å². The average Bonchev–Trinajstić information content (AvgIpc) is 2.87. The first-order chi connectivity index (χ1) is 16.5. The number of hydrogen-bond donors (Lipinski definition) is 1. The van der Waals surface area contributed by atoms with Crippen LogP contribution in [0.25, 0.3) is 0 Å². The number of esters is 1. The van der Waals surface area contributed by atoms with Gasteiger partial charge in [0.2, 0.25) is 5.88 Å². The minimum Gasteiger partial charge on any atom is -0.494 e. The Bertz CT molecular complexity index is 1120. The topological polar surface area (TPSA) is 105 Å². The number of amides is 1. The van der Waals surface area contributed by atoms with Crippen molar-refractivity contribution in [1.82, 2.24) is 10.3 Å². The number of hydrogen-bond acceptors (Lipinski definition) is 8. The van der Waals surface area contributed by atoms with E-state index in [2.05, 4.69) is 15.0 Å². The molecule has 0 aliphatic rings. The quantitative estimate of drug-likeness (QED) is 0.426. The second-order valence-electron chi connectivity index (χ2n) is 6.92. The molecule has 0 fully saturated rings. The first-order valence-corrected chi connectivity index (χ1v) is 10.5. The number of pyridine rings is 1. The van der Waals surface area contributed by atoms with Gasteiger partial charge < -0.3 is 29.0 Å². The number of aromatic nitrogens is 1. The zero-order valence-electron chi connectivity index (χ0n) is 19.2. The van der Waals surface area contributed by atoms with Crippen LogP contribution in [0, 0.1) is 0 Å². The smallest absolute Gasteiger partial charge is 0.343 e. The van der Waals surface area contributed by atoms with Crippen LogP contribution in [0.4, 0.5) is 0 Å². The van der Waals surface area contributed by atoms with Gasteiger partial charge >= 0.3 is 5.97 Å². The molecule has 178 valence electrons. The Morgan fingerprint density at radius 1 is 0.912 bits per heavy atom. The Hall–Kier alpha value is -4.27. The maximum atomic E-state index is 12.6. The summed E-state index contributed by atoms with van der Waals surface area (Å²) < 4.78 is 26.4. The summed E-state index contributed by atoms with van der Waals surface area (Å²) in [5, 5.41) is 2.85. The summed E-state index contributed by atoms with van der Waals surface area (Å²) in [5.41, 5.74) is 1.19. The van der Waals surface area contributed by atoms with Crippen LogP contribution in [-0.4, -0.2) is 44.3 Å². The van der Waals surface area contributed by atoms with Gasteiger partial charge in [0.1, 0.15) is 11.5 Å². The fraction of sp³-hybridized carbons (Fsp3) is 0.240. The van der Waals surface area contributed by atoms with Crippen molar-refractivity contribution >= 4 is 11.9 Å². The van der Waals surface area contributed by atoms with Gasteiger partial charge in [-0.15, -0.1) is 0 Å². The Morgan fingerprint density at radius 3 is 2.38 bits per heavy atom. The van der Waals surface area contributed by atoms with E-state index in [-0.39, 0.29) is 19.1 Å². The van der Waals surface area contributed by atoms with Crippen LogP contribution in [0.1, 0.15) is 22.8 Å². The molecule has 3 aromatic rings. The summed E-state index contributed by atoms with van der Waals surface area (Å²) in [6.07, 6.45) is 1.61. The molecule has 0 unspecified atom stereocenters.